The number of aromatic nitrogens is 2. The van der Waals surface area contributed by atoms with Gasteiger partial charge in [0.2, 0.25) is 0 Å². The van der Waals surface area contributed by atoms with Gasteiger partial charge in [-0.05, 0) is 42.7 Å². The lowest BCUT2D eigenvalue weighted by atomic mass is 10.0. The summed E-state index contributed by atoms with van der Waals surface area (Å²) in [6.45, 7) is 4.64. The lowest BCUT2D eigenvalue weighted by Crippen LogP contribution is -2.50. The van der Waals surface area contributed by atoms with Gasteiger partial charge in [0.25, 0.3) is 11.5 Å². The summed E-state index contributed by atoms with van der Waals surface area (Å²) in [6.07, 6.45) is 1.89. The Morgan fingerprint density at radius 2 is 1.95 bits per heavy atom. The second-order valence-corrected chi connectivity index (χ2v) is 11.8. The van der Waals surface area contributed by atoms with Crippen molar-refractivity contribution >= 4 is 26.6 Å². The van der Waals surface area contributed by atoms with Gasteiger partial charge in [-0.1, -0.05) is 18.2 Å². The first kappa shape index (κ1) is 26.9. The van der Waals surface area contributed by atoms with E-state index in [9.17, 15) is 18.0 Å². The number of rotatable bonds is 8. The minimum atomic E-state index is -3.90. The number of hydrogen-bond acceptors (Lipinski definition) is 8. The average Bonchev–Trinajstić information content (AvgIpc) is 2.87. The molecule has 0 spiro atoms. The normalized spacial score (nSPS) is 16.4. The van der Waals surface area contributed by atoms with E-state index in [1.165, 1.54) is 29.4 Å². The Bertz CT molecular complexity index is 1490. The number of halogens is 1. The number of nitrogens with one attached hydrogen (secondary N) is 1. The molecule has 0 aliphatic carbocycles. The van der Waals surface area contributed by atoms with Crippen molar-refractivity contribution in [2.45, 2.75) is 31.2 Å². The Morgan fingerprint density at radius 3 is 2.59 bits per heavy atom. The summed E-state index contributed by atoms with van der Waals surface area (Å²) in [5.41, 5.74) is 3.12. The number of fused-ring (bicyclic) bond motifs is 1. The number of benzene rings is 2. The molecule has 2 N–H and O–H groups in total. The fourth-order valence-electron chi connectivity index (χ4n) is 4.31. The maximum atomic E-state index is 15.0. The Hall–Kier alpha value is -3.19. The van der Waals surface area contributed by atoms with Gasteiger partial charge in [0.1, 0.15) is 5.82 Å². The van der Waals surface area contributed by atoms with Gasteiger partial charge in [-0.3, -0.25) is 24.3 Å². The molecule has 1 aromatic heterocycles. The van der Waals surface area contributed by atoms with E-state index in [-0.39, 0.29) is 24.2 Å². The molecule has 37 heavy (non-hydrogen) atoms. The Morgan fingerprint density at radius 1 is 1.22 bits per heavy atom. The predicted octanol–water partition coefficient (Wildman–Crippen LogP) is 1.73. The molecule has 0 saturated carbocycles. The first-order chi connectivity index (χ1) is 17.5. The number of amides is 1. The van der Waals surface area contributed by atoms with E-state index >= 15 is 4.39 Å². The largest absolute Gasteiger partial charge is 0.379 e. The summed E-state index contributed by atoms with van der Waals surface area (Å²) in [6, 6.07) is 9.92. The number of hydroxylamine groups is 1. The molecule has 0 bridgehead atoms. The summed E-state index contributed by atoms with van der Waals surface area (Å²) in [5, 5.41) is 9.24. The number of carbonyl (C=O) groups excluding carboxylic acids is 1. The van der Waals surface area contributed by atoms with E-state index in [4.69, 9.17) is 9.94 Å². The molecule has 12 heteroatoms. The molecule has 0 unspecified atom stereocenters. The molecule has 2 heterocycles. The van der Waals surface area contributed by atoms with Crippen LogP contribution in [0, 0.1) is 5.82 Å². The highest BCUT2D eigenvalue weighted by molar-refractivity contribution is 7.92. The van der Waals surface area contributed by atoms with Crippen LogP contribution < -0.4 is 11.0 Å². The number of nitrogens with zero attached hydrogens (tertiary/aromatic N) is 3. The van der Waals surface area contributed by atoms with Gasteiger partial charge in [-0.25, -0.2) is 23.3 Å². The van der Waals surface area contributed by atoms with Crippen molar-refractivity contribution in [3.05, 3.63) is 64.5 Å². The fraction of sp³-hybridized carbons (Fsp3) is 0.400. The van der Waals surface area contributed by atoms with Crippen LogP contribution in [0.1, 0.15) is 18.9 Å². The topological polar surface area (TPSA) is 131 Å². The van der Waals surface area contributed by atoms with Gasteiger partial charge < -0.3 is 4.74 Å². The monoisotopic (exact) mass is 532 g/mol. The quantitative estimate of drug-likeness (QED) is 0.331. The van der Waals surface area contributed by atoms with Crippen LogP contribution in [-0.4, -0.2) is 71.3 Å². The molecular formula is C25H29FN4O6S. The third-order valence-electron chi connectivity index (χ3n) is 6.91. The van der Waals surface area contributed by atoms with Crippen molar-refractivity contribution in [3.8, 4) is 11.1 Å². The number of morpholine rings is 1. The number of ether oxygens (including phenoxy) is 1. The lowest BCUT2D eigenvalue weighted by Gasteiger charge is -2.26. The lowest BCUT2D eigenvalue weighted by molar-refractivity contribution is -0.131. The van der Waals surface area contributed by atoms with Crippen LogP contribution in [0.15, 0.2) is 47.5 Å². The molecule has 0 radical (unpaired) electrons. The summed E-state index contributed by atoms with van der Waals surface area (Å²) >= 11 is 0. The molecule has 3 aromatic rings. The average molecular weight is 533 g/mol. The molecule has 1 atom stereocenters. The van der Waals surface area contributed by atoms with Gasteiger partial charge >= 0.3 is 0 Å². The number of hydrogen-bond donors (Lipinski definition) is 2. The Labute approximate surface area is 213 Å². The number of aryl methyl sites for hydroxylation is 1. The SMILES string of the molecule is C[C@@](CCn1cnc2cc(-c3ccc(CN4CCOCC4)cc3F)ccc2c1=O)(C(=O)NO)S(C)(=O)=O. The minimum Gasteiger partial charge on any atom is -0.379 e. The number of sulfone groups is 1. The van der Waals surface area contributed by atoms with E-state index in [1.54, 1.807) is 24.3 Å². The Kier molecular flexibility index (Phi) is 7.74. The molecule has 1 aliphatic rings. The van der Waals surface area contributed by atoms with Crippen molar-refractivity contribution in [2.24, 2.45) is 0 Å². The molecular weight excluding hydrogens is 503 g/mol. The highest BCUT2D eigenvalue weighted by Crippen LogP contribution is 2.27. The maximum absolute atomic E-state index is 15.0. The van der Waals surface area contributed by atoms with Crippen LogP contribution >= 0.6 is 0 Å². The van der Waals surface area contributed by atoms with Crippen LogP contribution in [0.3, 0.4) is 0 Å². The van der Waals surface area contributed by atoms with E-state index < -0.39 is 26.1 Å². The zero-order chi connectivity index (χ0) is 26.8. The van der Waals surface area contributed by atoms with Gasteiger partial charge in [0.15, 0.2) is 14.6 Å². The predicted molar refractivity (Wildman–Crippen MR) is 135 cm³/mol. The van der Waals surface area contributed by atoms with Gasteiger partial charge in [0, 0.05) is 38.0 Å². The van der Waals surface area contributed by atoms with E-state index in [1.807, 2.05) is 6.07 Å². The van der Waals surface area contributed by atoms with Crippen LogP contribution in [-0.2, 0) is 32.5 Å². The molecule has 2 aromatic carbocycles. The van der Waals surface area contributed by atoms with Crippen LogP contribution in [0.25, 0.3) is 22.0 Å². The van der Waals surface area contributed by atoms with Crippen LogP contribution in [0.4, 0.5) is 4.39 Å². The van der Waals surface area contributed by atoms with E-state index in [2.05, 4.69) is 9.88 Å². The fourth-order valence-corrected chi connectivity index (χ4v) is 5.16. The molecule has 1 saturated heterocycles. The van der Waals surface area contributed by atoms with Gasteiger partial charge in [-0.15, -0.1) is 0 Å². The zero-order valence-electron chi connectivity index (χ0n) is 20.6. The van der Waals surface area contributed by atoms with Crippen LogP contribution in [0.5, 0.6) is 0 Å². The molecule has 4 rings (SSSR count). The summed E-state index contributed by atoms with van der Waals surface area (Å²) in [4.78, 5) is 31.6. The van der Waals surface area contributed by atoms with Gasteiger partial charge in [0.05, 0.1) is 30.4 Å². The number of carbonyl (C=O) groups is 1. The van der Waals surface area contributed by atoms with Crippen LogP contribution in [0.2, 0.25) is 0 Å². The van der Waals surface area contributed by atoms with E-state index in [0.717, 1.165) is 24.9 Å². The second-order valence-electron chi connectivity index (χ2n) is 9.37. The summed E-state index contributed by atoms with van der Waals surface area (Å²) in [7, 11) is -3.90. The summed E-state index contributed by atoms with van der Waals surface area (Å²) < 4.78 is 44.0. The standard InChI is InChI=1S/C25H29FN4O6S/c1-25(24(32)28-33,37(2,34)35)7-8-30-16-27-22-14-18(4-6-20(22)23(30)31)19-5-3-17(13-21(19)26)15-29-9-11-36-12-10-29/h3-6,13-14,16,33H,7-12,15H2,1-2H3,(H,28,32)/t25-/m1/s1. The molecule has 1 amide bonds. The first-order valence-electron chi connectivity index (χ1n) is 11.8. The Balaban J connectivity index is 1.57. The van der Waals surface area contributed by atoms with Crippen molar-refractivity contribution in [3.63, 3.8) is 0 Å². The molecule has 1 fully saturated rings. The van der Waals surface area contributed by atoms with Crippen molar-refractivity contribution in [1.29, 1.82) is 0 Å². The first-order valence-corrected chi connectivity index (χ1v) is 13.6. The maximum Gasteiger partial charge on any atom is 0.264 e. The minimum absolute atomic E-state index is 0.125. The third kappa shape index (κ3) is 5.57. The molecule has 1 aliphatic heterocycles. The molecule has 10 nitrogen and oxygen atoms in total. The van der Waals surface area contributed by atoms with Crippen molar-refractivity contribution in [2.75, 3.05) is 32.6 Å². The van der Waals surface area contributed by atoms with Gasteiger partial charge in [-0.2, -0.15) is 0 Å². The summed E-state index contributed by atoms with van der Waals surface area (Å²) in [5.74, 6) is -1.46. The second kappa shape index (κ2) is 10.7. The third-order valence-corrected chi connectivity index (χ3v) is 8.94. The van der Waals surface area contributed by atoms with Crippen molar-refractivity contribution < 1.29 is 27.5 Å². The highest BCUT2D eigenvalue weighted by atomic mass is 32.2. The smallest absolute Gasteiger partial charge is 0.264 e. The van der Waals surface area contributed by atoms with E-state index in [0.29, 0.717) is 36.4 Å². The van der Waals surface area contributed by atoms with Crippen molar-refractivity contribution in [1.82, 2.24) is 19.9 Å². The highest BCUT2D eigenvalue weighted by Gasteiger charge is 2.43. The zero-order valence-corrected chi connectivity index (χ0v) is 21.4. The molecule has 198 valence electrons.